The monoisotopic (exact) mass is 244 g/mol. The van der Waals surface area contributed by atoms with E-state index in [-0.39, 0.29) is 16.2 Å². The third kappa shape index (κ3) is 1.56. The molecule has 0 aromatic heterocycles. The maximum Gasteiger partial charge on any atom is 0.170 e. The zero-order valence-corrected chi connectivity index (χ0v) is 12.4. The molecule has 0 spiro atoms. The van der Waals surface area contributed by atoms with Crippen molar-refractivity contribution in [2.45, 2.75) is 48.0 Å². The highest BCUT2D eigenvalue weighted by atomic mass is 16.1. The van der Waals surface area contributed by atoms with Crippen LogP contribution in [0, 0.1) is 16.2 Å². The number of carbonyl (C=O) groups is 1. The molecule has 0 fully saturated rings. The van der Waals surface area contributed by atoms with Crippen LogP contribution in [-0.2, 0) is 6.42 Å². The van der Waals surface area contributed by atoms with Crippen molar-refractivity contribution in [1.29, 1.82) is 0 Å². The highest BCUT2D eigenvalue weighted by Crippen LogP contribution is 2.58. The molecule has 1 aromatic rings. The topological polar surface area (TPSA) is 17.1 Å². The summed E-state index contributed by atoms with van der Waals surface area (Å²) in [6.07, 6.45) is 0.870. The van der Waals surface area contributed by atoms with Crippen molar-refractivity contribution in [2.75, 3.05) is 0 Å². The summed E-state index contributed by atoms with van der Waals surface area (Å²) in [5.74, 6) is 0.332. The van der Waals surface area contributed by atoms with Crippen molar-refractivity contribution in [1.82, 2.24) is 0 Å². The van der Waals surface area contributed by atoms with E-state index in [1.165, 1.54) is 5.56 Å². The minimum atomic E-state index is -0.302. The number of benzene rings is 1. The summed E-state index contributed by atoms with van der Waals surface area (Å²) in [7, 11) is 0. The molecule has 2 rings (SSSR count). The lowest BCUT2D eigenvalue weighted by Crippen LogP contribution is -2.50. The molecule has 0 saturated carbocycles. The predicted octanol–water partition coefficient (Wildman–Crippen LogP) is 4.50. The average molecular weight is 244 g/mol. The van der Waals surface area contributed by atoms with Crippen LogP contribution in [0.25, 0.3) is 0 Å². The molecular formula is C17H24O. The SMILES string of the molecule is CC(C)(C)C1(C(C)(C)C)Cc2ccccc2C1=O. The Labute approximate surface area is 111 Å². The highest BCUT2D eigenvalue weighted by molar-refractivity contribution is 6.05. The van der Waals surface area contributed by atoms with Crippen LogP contribution in [0.3, 0.4) is 0 Å². The molecule has 0 bridgehead atoms. The molecule has 1 aliphatic rings. The number of hydrogen-bond donors (Lipinski definition) is 0. The summed E-state index contributed by atoms with van der Waals surface area (Å²) in [4.78, 5) is 13.0. The van der Waals surface area contributed by atoms with Crippen molar-refractivity contribution >= 4 is 5.78 Å². The third-order valence-electron chi connectivity index (χ3n) is 4.67. The molecule has 0 unspecified atom stereocenters. The molecule has 1 nitrogen and oxygen atoms in total. The summed E-state index contributed by atoms with van der Waals surface area (Å²) in [5.41, 5.74) is 1.77. The molecule has 0 heterocycles. The van der Waals surface area contributed by atoms with Gasteiger partial charge < -0.3 is 0 Å². The normalized spacial score (nSPS) is 18.9. The van der Waals surface area contributed by atoms with Gasteiger partial charge in [0.25, 0.3) is 0 Å². The van der Waals surface area contributed by atoms with E-state index in [2.05, 4.69) is 47.6 Å². The summed E-state index contributed by atoms with van der Waals surface area (Å²) in [6, 6.07) is 8.09. The fourth-order valence-corrected chi connectivity index (χ4v) is 3.83. The standard InChI is InChI=1S/C17H24O/c1-15(2,3)17(16(4,5)6)11-12-9-7-8-10-13(12)14(17)18/h7-10H,11H2,1-6H3. The Bertz CT molecular complexity index is 469. The molecule has 98 valence electrons. The number of carbonyl (C=O) groups excluding carboxylic acids is 1. The van der Waals surface area contributed by atoms with E-state index in [9.17, 15) is 4.79 Å². The Balaban J connectivity index is 2.66. The van der Waals surface area contributed by atoms with Gasteiger partial charge in [0.1, 0.15) is 0 Å². The molecule has 0 radical (unpaired) electrons. The second-order valence-corrected chi connectivity index (χ2v) is 7.57. The van der Waals surface area contributed by atoms with Crippen LogP contribution in [0.4, 0.5) is 0 Å². The summed E-state index contributed by atoms with van der Waals surface area (Å²) < 4.78 is 0. The predicted molar refractivity (Wildman–Crippen MR) is 75.8 cm³/mol. The molecule has 18 heavy (non-hydrogen) atoms. The summed E-state index contributed by atoms with van der Waals surface area (Å²) in [5, 5.41) is 0. The van der Waals surface area contributed by atoms with E-state index in [0.717, 1.165) is 12.0 Å². The van der Waals surface area contributed by atoms with E-state index < -0.39 is 0 Å². The zero-order chi connectivity index (χ0) is 13.8. The van der Waals surface area contributed by atoms with E-state index in [1.54, 1.807) is 0 Å². The zero-order valence-electron chi connectivity index (χ0n) is 12.4. The van der Waals surface area contributed by atoms with Crippen molar-refractivity contribution < 1.29 is 4.79 Å². The molecule has 0 aliphatic heterocycles. The minimum absolute atomic E-state index is 0.0403. The van der Waals surface area contributed by atoms with Gasteiger partial charge in [-0.2, -0.15) is 0 Å². The Hall–Kier alpha value is -1.11. The number of rotatable bonds is 0. The quantitative estimate of drug-likeness (QED) is 0.656. The van der Waals surface area contributed by atoms with Crippen LogP contribution < -0.4 is 0 Å². The molecule has 1 heteroatoms. The third-order valence-corrected chi connectivity index (χ3v) is 4.67. The van der Waals surface area contributed by atoms with Gasteiger partial charge in [0.2, 0.25) is 0 Å². The molecule has 0 saturated heterocycles. The van der Waals surface area contributed by atoms with Gasteiger partial charge in [-0.1, -0.05) is 65.8 Å². The first-order valence-electron chi connectivity index (χ1n) is 6.74. The van der Waals surface area contributed by atoms with Gasteiger partial charge in [0, 0.05) is 11.0 Å². The first-order chi connectivity index (χ1) is 8.11. The smallest absolute Gasteiger partial charge is 0.170 e. The number of hydrogen-bond acceptors (Lipinski definition) is 1. The lowest BCUT2D eigenvalue weighted by Gasteiger charge is -2.50. The van der Waals surface area contributed by atoms with Crippen molar-refractivity contribution in [2.24, 2.45) is 16.2 Å². The Morgan fingerprint density at radius 2 is 1.44 bits per heavy atom. The maximum atomic E-state index is 13.0. The Kier molecular flexibility index (Phi) is 2.73. The van der Waals surface area contributed by atoms with Gasteiger partial charge in [-0.15, -0.1) is 0 Å². The fraction of sp³-hybridized carbons (Fsp3) is 0.588. The number of fused-ring (bicyclic) bond motifs is 1. The highest BCUT2D eigenvalue weighted by Gasteiger charge is 2.59. The van der Waals surface area contributed by atoms with Gasteiger partial charge in [-0.05, 0) is 22.8 Å². The van der Waals surface area contributed by atoms with Crippen molar-refractivity contribution in [3.8, 4) is 0 Å². The van der Waals surface area contributed by atoms with Crippen molar-refractivity contribution in [3.63, 3.8) is 0 Å². The van der Waals surface area contributed by atoms with Gasteiger partial charge in [-0.3, -0.25) is 4.79 Å². The first-order valence-corrected chi connectivity index (χ1v) is 6.74. The van der Waals surface area contributed by atoms with Crippen LogP contribution in [0.15, 0.2) is 24.3 Å². The van der Waals surface area contributed by atoms with E-state index in [1.807, 2.05) is 18.2 Å². The largest absolute Gasteiger partial charge is 0.293 e. The number of ketones is 1. The lowest BCUT2D eigenvalue weighted by atomic mass is 9.52. The minimum Gasteiger partial charge on any atom is -0.293 e. The van der Waals surface area contributed by atoms with Gasteiger partial charge >= 0.3 is 0 Å². The maximum absolute atomic E-state index is 13.0. The molecule has 1 aromatic carbocycles. The van der Waals surface area contributed by atoms with Crippen LogP contribution in [0.2, 0.25) is 0 Å². The van der Waals surface area contributed by atoms with Crippen LogP contribution in [0.5, 0.6) is 0 Å². The van der Waals surface area contributed by atoms with Crippen LogP contribution in [-0.4, -0.2) is 5.78 Å². The Morgan fingerprint density at radius 3 is 1.89 bits per heavy atom. The summed E-state index contributed by atoms with van der Waals surface area (Å²) >= 11 is 0. The first kappa shape index (κ1) is 13.3. The van der Waals surface area contributed by atoms with Gasteiger partial charge in [0.05, 0.1) is 0 Å². The van der Waals surface area contributed by atoms with Crippen molar-refractivity contribution in [3.05, 3.63) is 35.4 Å². The second-order valence-electron chi connectivity index (χ2n) is 7.57. The average Bonchev–Trinajstić information content (AvgIpc) is 2.52. The number of Topliss-reactive ketones (excluding diaryl/α,β-unsaturated/α-hetero) is 1. The molecular weight excluding hydrogens is 220 g/mol. The van der Waals surface area contributed by atoms with Gasteiger partial charge in [0.15, 0.2) is 5.78 Å². The Morgan fingerprint density at radius 1 is 0.944 bits per heavy atom. The second kappa shape index (κ2) is 3.69. The van der Waals surface area contributed by atoms with E-state index in [0.29, 0.717) is 5.78 Å². The lowest BCUT2D eigenvalue weighted by molar-refractivity contribution is -0.00495. The van der Waals surface area contributed by atoms with E-state index >= 15 is 0 Å². The summed E-state index contributed by atoms with van der Waals surface area (Å²) in [6.45, 7) is 13.2. The van der Waals surface area contributed by atoms with E-state index in [4.69, 9.17) is 0 Å². The van der Waals surface area contributed by atoms with Crippen LogP contribution >= 0.6 is 0 Å². The molecule has 0 amide bonds. The fourth-order valence-electron chi connectivity index (χ4n) is 3.83. The molecule has 0 atom stereocenters. The molecule has 0 N–H and O–H groups in total. The molecule has 1 aliphatic carbocycles. The van der Waals surface area contributed by atoms with Crippen LogP contribution in [0.1, 0.15) is 57.5 Å². The van der Waals surface area contributed by atoms with Gasteiger partial charge in [-0.25, -0.2) is 0 Å².